The second kappa shape index (κ2) is 6.04. The Hall–Kier alpha value is -2.50. The molecule has 2 aliphatic rings. The van der Waals surface area contributed by atoms with Crippen molar-refractivity contribution in [3.05, 3.63) is 35.9 Å². The highest BCUT2D eigenvalue weighted by molar-refractivity contribution is 5.98. The summed E-state index contributed by atoms with van der Waals surface area (Å²) in [6.07, 6.45) is 4.42. The predicted molar refractivity (Wildman–Crippen MR) is 100 cm³/mol. The SMILES string of the molecule is CC(C)=C[C@H]1[C@H](C(=O)Nc2ccccc2-c2nnnn2C2CC2)C1(C)C. The molecule has 2 aliphatic carbocycles. The third-order valence-corrected chi connectivity index (χ3v) is 5.52. The van der Waals surface area contributed by atoms with Gasteiger partial charge < -0.3 is 5.32 Å². The van der Waals surface area contributed by atoms with Crippen LogP contribution >= 0.6 is 0 Å². The van der Waals surface area contributed by atoms with Crippen LogP contribution in [0.3, 0.4) is 0 Å². The first kappa shape index (κ1) is 16.9. The van der Waals surface area contributed by atoms with E-state index in [1.54, 1.807) is 0 Å². The van der Waals surface area contributed by atoms with Crippen LogP contribution in [-0.2, 0) is 4.79 Å². The van der Waals surface area contributed by atoms with Gasteiger partial charge in [0, 0.05) is 5.56 Å². The van der Waals surface area contributed by atoms with E-state index >= 15 is 0 Å². The summed E-state index contributed by atoms with van der Waals surface area (Å²) in [5.41, 5.74) is 2.89. The molecule has 2 atom stereocenters. The lowest BCUT2D eigenvalue weighted by Gasteiger charge is -2.11. The number of carbonyl (C=O) groups is 1. The minimum Gasteiger partial charge on any atom is -0.325 e. The number of benzene rings is 1. The van der Waals surface area contributed by atoms with Gasteiger partial charge in [0.2, 0.25) is 5.91 Å². The van der Waals surface area contributed by atoms with Gasteiger partial charge in [-0.25, -0.2) is 4.68 Å². The van der Waals surface area contributed by atoms with Crippen molar-refractivity contribution in [3.63, 3.8) is 0 Å². The van der Waals surface area contributed by atoms with Crippen LogP contribution in [0.5, 0.6) is 0 Å². The van der Waals surface area contributed by atoms with E-state index in [-0.39, 0.29) is 23.2 Å². The predicted octanol–water partition coefficient (Wildman–Crippen LogP) is 3.85. The molecule has 0 aliphatic heterocycles. The van der Waals surface area contributed by atoms with Gasteiger partial charge in [-0.3, -0.25) is 4.79 Å². The van der Waals surface area contributed by atoms with Gasteiger partial charge in [0.1, 0.15) is 0 Å². The van der Waals surface area contributed by atoms with Crippen molar-refractivity contribution in [3.8, 4) is 11.4 Å². The van der Waals surface area contributed by atoms with Crippen LogP contribution in [0.2, 0.25) is 0 Å². The quantitative estimate of drug-likeness (QED) is 0.831. The summed E-state index contributed by atoms with van der Waals surface area (Å²) in [5, 5.41) is 15.3. The maximum atomic E-state index is 12.9. The van der Waals surface area contributed by atoms with E-state index in [9.17, 15) is 4.79 Å². The average molecular weight is 351 g/mol. The van der Waals surface area contributed by atoms with Crippen molar-refractivity contribution < 1.29 is 4.79 Å². The Morgan fingerprint density at radius 1 is 1.27 bits per heavy atom. The van der Waals surface area contributed by atoms with Crippen molar-refractivity contribution in [2.24, 2.45) is 17.3 Å². The summed E-state index contributed by atoms with van der Waals surface area (Å²) >= 11 is 0. The van der Waals surface area contributed by atoms with Crippen LogP contribution in [0.4, 0.5) is 5.69 Å². The van der Waals surface area contributed by atoms with E-state index in [0.29, 0.717) is 6.04 Å². The molecule has 1 aromatic carbocycles. The molecule has 26 heavy (non-hydrogen) atoms. The minimum absolute atomic E-state index is 0.00805. The number of nitrogens with one attached hydrogen (secondary N) is 1. The Labute approximate surface area is 153 Å². The molecule has 1 N–H and O–H groups in total. The van der Waals surface area contributed by atoms with Crippen LogP contribution in [0.1, 0.15) is 46.6 Å². The van der Waals surface area contributed by atoms with Crippen molar-refractivity contribution >= 4 is 11.6 Å². The van der Waals surface area contributed by atoms with E-state index in [1.165, 1.54) is 5.57 Å². The lowest BCUT2D eigenvalue weighted by molar-refractivity contribution is -0.118. The van der Waals surface area contributed by atoms with Crippen molar-refractivity contribution in [2.75, 3.05) is 5.32 Å². The van der Waals surface area contributed by atoms with E-state index < -0.39 is 0 Å². The normalized spacial score (nSPS) is 23.4. The molecule has 6 nitrogen and oxygen atoms in total. The molecule has 2 aromatic rings. The van der Waals surface area contributed by atoms with Gasteiger partial charge in [-0.1, -0.05) is 37.6 Å². The van der Waals surface area contributed by atoms with Crippen LogP contribution in [-0.4, -0.2) is 26.1 Å². The number of hydrogen-bond acceptors (Lipinski definition) is 4. The zero-order chi connectivity index (χ0) is 18.5. The summed E-state index contributed by atoms with van der Waals surface area (Å²) in [4.78, 5) is 12.9. The Morgan fingerprint density at radius 2 is 2.00 bits per heavy atom. The van der Waals surface area contributed by atoms with E-state index in [0.717, 1.165) is 29.9 Å². The topological polar surface area (TPSA) is 72.7 Å². The Balaban J connectivity index is 1.59. The molecule has 0 bridgehead atoms. The van der Waals surface area contributed by atoms with Crippen LogP contribution in [0.25, 0.3) is 11.4 Å². The molecule has 2 fully saturated rings. The lowest BCUT2D eigenvalue weighted by atomic mass is 10.1. The number of amides is 1. The molecule has 0 unspecified atom stereocenters. The molecule has 4 rings (SSSR count). The standard InChI is InChI=1S/C20H25N5O/c1-12(2)11-15-17(20(15,3)4)19(26)21-16-8-6-5-7-14(16)18-22-23-24-25(18)13-9-10-13/h5-8,11,13,15,17H,9-10H2,1-4H3,(H,21,26)/t15-,17+/m0/s1. The summed E-state index contributed by atoms with van der Waals surface area (Å²) in [7, 11) is 0. The monoisotopic (exact) mass is 351 g/mol. The number of rotatable bonds is 5. The number of nitrogens with zero attached hydrogens (tertiary/aromatic N) is 4. The van der Waals surface area contributed by atoms with Gasteiger partial charge in [0.15, 0.2) is 5.82 Å². The highest BCUT2D eigenvalue weighted by Crippen LogP contribution is 2.59. The fraction of sp³-hybridized carbons (Fsp3) is 0.500. The molecular weight excluding hydrogens is 326 g/mol. The first-order chi connectivity index (χ1) is 12.4. The second-order valence-corrected chi connectivity index (χ2v) is 8.28. The summed E-state index contributed by atoms with van der Waals surface area (Å²) in [5.74, 6) is 1.07. The smallest absolute Gasteiger partial charge is 0.228 e. The molecule has 136 valence electrons. The number of hydrogen-bond donors (Lipinski definition) is 1. The highest BCUT2D eigenvalue weighted by Gasteiger charge is 2.60. The van der Waals surface area contributed by atoms with Gasteiger partial charge in [-0.2, -0.15) is 0 Å². The first-order valence-corrected chi connectivity index (χ1v) is 9.22. The van der Waals surface area contributed by atoms with Gasteiger partial charge in [-0.05, 0) is 60.6 Å². The Bertz CT molecular complexity index is 874. The molecule has 1 aromatic heterocycles. The number of anilines is 1. The average Bonchev–Trinajstić information content (AvgIpc) is 3.44. The maximum Gasteiger partial charge on any atom is 0.228 e. The Kier molecular flexibility index (Phi) is 3.93. The zero-order valence-corrected chi connectivity index (χ0v) is 15.7. The third-order valence-electron chi connectivity index (χ3n) is 5.52. The number of carbonyl (C=O) groups excluding carboxylic acids is 1. The highest BCUT2D eigenvalue weighted by atomic mass is 16.2. The fourth-order valence-corrected chi connectivity index (χ4v) is 3.78. The van der Waals surface area contributed by atoms with Crippen molar-refractivity contribution in [1.29, 1.82) is 0 Å². The fourth-order valence-electron chi connectivity index (χ4n) is 3.78. The van der Waals surface area contributed by atoms with E-state index in [4.69, 9.17) is 0 Å². The summed E-state index contributed by atoms with van der Waals surface area (Å²) in [6.45, 7) is 8.47. The molecule has 1 heterocycles. The largest absolute Gasteiger partial charge is 0.325 e. The number of tetrazole rings is 1. The lowest BCUT2D eigenvalue weighted by Crippen LogP contribution is -2.17. The zero-order valence-electron chi connectivity index (χ0n) is 15.7. The van der Waals surface area contributed by atoms with Crippen molar-refractivity contribution in [1.82, 2.24) is 20.2 Å². The minimum atomic E-state index is -0.00937. The maximum absolute atomic E-state index is 12.9. The van der Waals surface area contributed by atoms with E-state index in [1.807, 2.05) is 28.9 Å². The van der Waals surface area contributed by atoms with E-state index in [2.05, 4.69) is 54.6 Å². The van der Waals surface area contributed by atoms with Crippen LogP contribution in [0.15, 0.2) is 35.9 Å². The second-order valence-electron chi connectivity index (χ2n) is 8.28. The number of allylic oxidation sites excluding steroid dienone is 2. The van der Waals surface area contributed by atoms with Crippen molar-refractivity contribution in [2.45, 2.75) is 46.6 Å². The molecular formula is C20H25N5O. The summed E-state index contributed by atoms with van der Waals surface area (Å²) in [6, 6.07) is 8.14. The molecule has 1 amide bonds. The third kappa shape index (κ3) is 2.93. The van der Waals surface area contributed by atoms with Gasteiger partial charge >= 0.3 is 0 Å². The molecule has 0 spiro atoms. The molecule has 2 saturated carbocycles. The van der Waals surface area contributed by atoms with Crippen LogP contribution in [0, 0.1) is 17.3 Å². The number of aromatic nitrogens is 4. The molecule has 0 saturated heterocycles. The molecule has 6 heteroatoms. The van der Waals surface area contributed by atoms with Crippen LogP contribution < -0.4 is 5.32 Å². The summed E-state index contributed by atoms with van der Waals surface area (Å²) < 4.78 is 1.87. The van der Waals surface area contributed by atoms with Gasteiger partial charge in [-0.15, -0.1) is 5.10 Å². The number of para-hydroxylation sites is 1. The van der Waals surface area contributed by atoms with Gasteiger partial charge in [0.05, 0.1) is 17.6 Å². The first-order valence-electron chi connectivity index (χ1n) is 9.22. The van der Waals surface area contributed by atoms with Gasteiger partial charge in [0.25, 0.3) is 0 Å². The Morgan fingerprint density at radius 3 is 2.69 bits per heavy atom. The molecule has 0 radical (unpaired) electrons.